The Kier molecular flexibility index (Phi) is 3.77. The molecule has 1 N–H and O–H groups in total. The number of nitrogens with zero attached hydrogens (tertiary/aromatic N) is 3. The highest BCUT2D eigenvalue weighted by Crippen LogP contribution is 2.27. The summed E-state index contributed by atoms with van der Waals surface area (Å²) in [4.78, 5) is 4.17. The van der Waals surface area contributed by atoms with Crippen LogP contribution in [0.3, 0.4) is 0 Å². The highest BCUT2D eigenvalue weighted by molar-refractivity contribution is 6.31. The summed E-state index contributed by atoms with van der Waals surface area (Å²) in [6, 6.07) is 3.98. The topological polar surface area (TPSA) is 42.7 Å². The van der Waals surface area contributed by atoms with Crippen molar-refractivity contribution in [2.24, 2.45) is 0 Å². The quantitative estimate of drug-likeness (QED) is 0.945. The maximum absolute atomic E-state index is 12.5. The summed E-state index contributed by atoms with van der Waals surface area (Å²) >= 11 is 5.93. The Morgan fingerprint density at radius 2 is 2.05 bits per heavy atom. The van der Waals surface area contributed by atoms with Crippen LogP contribution >= 0.6 is 11.6 Å². The Labute approximate surface area is 112 Å². The summed E-state index contributed by atoms with van der Waals surface area (Å²) < 4.78 is 38.4. The molecule has 8 heteroatoms. The number of nitrogens with one attached hydrogen (secondary N) is 1. The van der Waals surface area contributed by atoms with Crippen molar-refractivity contribution in [3.05, 3.63) is 40.8 Å². The van der Waals surface area contributed by atoms with E-state index in [2.05, 4.69) is 15.4 Å². The fraction of sp³-hybridized carbons (Fsp3) is 0.273. The van der Waals surface area contributed by atoms with Crippen LogP contribution in [0.2, 0.25) is 5.02 Å². The van der Waals surface area contributed by atoms with Gasteiger partial charge in [0.05, 0.1) is 10.7 Å². The first kappa shape index (κ1) is 13.8. The lowest BCUT2D eigenvalue weighted by Gasteiger charge is -2.06. The van der Waals surface area contributed by atoms with E-state index in [0.717, 1.165) is 10.7 Å². The van der Waals surface area contributed by atoms with E-state index >= 15 is 0 Å². The number of alkyl halides is 3. The van der Waals surface area contributed by atoms with Gasteiger partial charge in [0, 0.05) is 12.7 Å². The molecule has 2 heterocycles. The maximum Gasteiger partial charge on any atom is 0.435 e. The van der Waals surface area contributed by atoms with Crippen molar-refractivity contribution in [2.45, 2.75) is 12.7 Å². The average Bonchev–Trinajstić information content (AvgIpc) is 2.81. The smallest absolute Gasteiger partial charge is 0.314 e. The second kappa shape index (κ2) is 5.18. The van der Waals surface area contributed by atoms with E-state index in [4.69, 9.17) is 11.6 Å². The number of hydrogen-bond acceptors (Lipinski definition) is 3. The van der Waals surface area contributed by atoms with Crippen molar-refractivity contribution < 1.29 is 13.2 Å². The van der Waals surface area contributed by atoms with Crippen molar-refractivity contribution in [1.82, 2.24) is 20.1 Å². The van der Waals surface area contributed by atoms with Crippen LogP contribution in [-0.4, -0.2) is 21.8 Å². The summed E-state index contributed by atoms with van der Waals surface area (Å²) in [5.41, 5.74) is -0.412. The molecule has 0 unspecified atom stereocenters. The lowest BCUT2D eigenvalue weighted by Crippen LogP contribution is -2.11. The second-order valence-electron chi connectivity index (χ2n) is 3.77. The molecule has 0 amide bonds. The fourth-order valence-corrected chi connectivity index (χ4v) is 1.67. The van der Waals surface area contributed by atoms with Crippen LogP contribution in [0.5, 0.6) is 0 Å². The third-order valence-corrected chi connectivity index (χ3v) is 2.71. The highest BCUT2D eigenvalue weighted by atomic mass is 35.5. The third kappa shape index (κ3) is 3.05. The van der Waals surface area contributed by atoms with Gasteiger partial charge in [-0.1, -0.05) is 11.6 Å². The lowest BCUT2D eigenvalue weighted by atomic mass is 10.3. The van der Waals surface area contributed by atoms with Crippen LogP contribution in [0.1, 0.15) is 11.4 Å². The molecule has 19 heavy (non-hydrogen) atoms. The molecule has 0 aliphatic rings. The Bertz CT molecular complexity index is 580. The first-order valence-corrected chi connectivity index (χ1v) is 5.73. The Morgan fingerprint density at radius 3 is 2.63 bits per heavy atom. The molecule has 2 aromatic rings. The summed E-state index contributed by atoms with van der Waals surface area (Å²) in [7, 11) is 1.72. The van der Waals surface area contributed by atoms with Gasteiger partial charge in [-0.2, -0.15) is 18.3 Å². The van der Waals surface area contributed by atoms with Crippen LogP contribution < -0.4 is 5.32 Å². The molecule has 0 aliphatic carbocycles. The zero-order valence-corrected chi connectivity index (χ0v) is 10.6. The number of pyridine rings is 1. The van der Waals surface area contributed by atoms with Gasteiger partial charge in [-0.25, -0.2) is 9.67 Å². The van der Waals surface area contributed by atoms with Crippen LogP contribution in [-0.2, 0) is 12.7 Å². The minimum absolute atomic E-state index is 0.283. The molecule has 0 fully saturated rings. The monoisotopic (exact) mass is 290 g/mol. The van der Waals surface area contributed by atoms with Crippen LogP contribution in [0.4, 0.5) is 13.2 Å². The van der Waals surface area contributed by atoms with E-state index in [1.54, 1.807) is 13.1 Å². The van der Waals surface area contributed by atoms with Crippen LogP contribution in [0, 0.1) is 0 Å². The molecule has 0 aliphatic heterocycles. The van der Waals surface area contributed by atoms with Crippen molar-refractivity contribution >= 4 is 11.6 Å². The first-order valence-electron chi connectivity index (χ1n) is 5.35. The lowest BCUT2D eigenvalue weighted by molar-refractivity contribution is -0.141. The molecule has 0 aromatic carbocycles. The minimum atomic E-state index is -4.47. The normalized spacial score (nSPS) is 11.8. The molecule has 2 rings (SSSR count). The Balaban J connectivity index is 2.36. The van der Waals surface area contributed by atoms with Crippen LogP contribution in [0.25, 0.3) is 5.82 Å². The highest BCUT2D eigenvalue weighted by Gasteiger charge is 2.33. The number of rotatable bonds is 3. The van der Waals surface area contributed by atoms with Gasteiger partial charge < -0.3 is 5.32 Å². The molecule has 102 valence electrons. The van der Waals surface area contributed by atoms with Crippen molar-refractivity contribution in [1.29, 1.82) is 0 Å². The summed E-state index contributed by atoms with van der Waals surface area (Å²) in [5.74, 6) is 0.283. The number of hydrogen-bond donors (Lipinski definition) is 1. The minimum Gasteiger partial charge on any atom is -0.314 e. The van der Waals surface area contributed by atoms with Gasteiger partial charge in [0.25, 0.3) is 0 Å². The van der Waals surface area contributed by atoms with Gasteiger partial charge >= 0.3 is 6.18 Å². The van der Waals surface area contributed by atoms with E-state index in [-0.39, 0.29) is 5.82 Å². The van der Waals surface area contributed by atoms with Gasteiger partial charge in [0.15, 0.2) is 11.5 Å². The first-order chi connectivity index (χ1) is 8.91. The molecule has 0 radical (unpaired) electrons. The maximum atomic E-state index is 12.5. The predicted molar refractivity (Wildman–Crippen MR) is 64.1 cm³/mol. The third-order valence-electron chi connectivity index (χ3n) is 2.36. The largest absolute Gasteiger partial charge is 0.435 e. The van der Waals surface area contributed by atoms with Crippen molar-refractivity contribution in [3.63, 3.8) is 0 Å². The molecule has 0 saturated carbocycles. The van der Waals surface area contributed by atoms with E-state index in [1.807, 2.05) is 0 Å². The standard InChI is InChI=1S/C11H10ClF3N4/c1-16-6-8-7(12)2-3-10(17-8)19-5-4-9(18-19)11(13,14)15/h2-5,16H,6H2,1H3. The summed E-state index contributed by atoms with van der Waals surface area (Å²) in [5, 5.41) is 6.77. The molecule has 2 aromatic heterocycles. The molecule has 0 saturated heterocycles. The number of aromatic nitrogens is 3. The molecular weight excluding hydrogens is 281 g/mol. The van der Waals surface area contributed by atoms with Gasteiger partial charge in [0.1, 0.15) is 0 Å². The summed E-state index contributed by atoms with van der Waals surface area (Å²) in [6.07, 6.45) is -3.26. The van der Waals surface area contributed by atoms with Gasteiger partial charge in [0.2, 0.25) is 0 Å². The number of halogens is 4. The molecule has 4 nitrogen and oxygen atoms in total. The Hall–Kier alpha value is -1.60. The Morgan fingerprint density at radius 1 is 1.32 bits per heavy atom. The summed E-state index contributed by atoms with van der Waals surface area (Å²) in [6.45, 7) is 0.417. The van der Waals surface area contributed by atoms with Crippen LogP contribution in [0.15, 0.2) is 24.4 Å². The molecular formula is C11H10ClF3N4. The van der Waals surface area contributed by atoms with E-state index in [0.29, 0.717) is 17.3 Å². The van der Waals surface area contributed by atoms with Crippen molar-refractivity contribution in [2.75, 3.05) is 7.05 Å². The predicted octanol–water partition coefficient (Wildman–Crippen LogP) is 2.66. The molecule has 0 bridgehead atoms. The zero-order valence-electron chi connectivity index (χ0n) is 9.87. The SMILES string of the molecule is CNCc1nc(-n2ccc(C(F)(F)F)n2)ccc1Cl. The van der Waals surface area contributed by atoms with Gasteiger partial charge in [-0.05, 0) is 25.2 Å². The van der Waals surface area contributed by atoms with Gasteiger partial charge in [-0.3, -0.25) is 0 Å². The fourth-order valence-electron chi connectivity index (χ4n) is 1.49. The van der Waals surface area contributed by atoms with Crippen molar-refractivity contribution in [3.8, 4) is 5.82 Å². The average molecular weight is 291 g/mol. The second-order valence-corrected chi connectivity index (χ2v) is 4.18. The van der Waals surface area contributed by atoms with E-state index in [9.17, 15) is 13.2 Å². The van der Waals surface area contributed by atoms with Gasteiger partial charge in [-0.15, -0.1) is 0 Å². The molecule has 0 spiro atoms. The van der Waals surface area contributed by atoms with E-state index < -0.39 is 11.9 Å². The zero-order chi connectivity index (χ0) is 14.0. The molecule has 0 atom stereocenters. The van der Waals surface area contributed by atoms with E-state index in [1.165, 1.54) is 12.3 Å².